The van der Waals surface area contributed by atoms with Gasteiger partial charge in [0.25, 0.3) is 0 Å². The Balaban J connectivity index is 2.16. The number of phenolic OH excluding ortho intramolecular Hbond substituents is 1. The minimum absolute atomic E-state index is 0.113. The van der Waals surface area contributed by atoms with Gasteiger partial charge in [0.2, 0.25) is 5.91 Å². The lowest BCUT2D eigenvalue weighted by Gasteiger charge is -2.29. The number of hydrogen-bond donors (Lipinski definition) is 2. The second-order valence-electron chi connectivity index (χ2n) is 4.05. The van der Waals surface area contributed by atoms with E-state index < -0.39 is 0 Å². The first-order chi connectivity index (χ1) is 8.22. The lowest BCUT2D eigenvalue weighted by atomic mass is 10.3. The van der Waals surface area contributed by atoms with Crippen molar-refractivity contribution in [3.63, 3.8) is 0 Å². The van der Waals surface area contributed by atoms with Gasteiger partial charge in [-0.25, -0.2) is 0 Å². The van der Waals surface area contributed by atoms with Crippen LogP contribution in [0.4, 0.5) is 5.69 Å². The van der Waals surface area contributed by atoms with Gasteiger partial charge in [-0.3, -0.25) is 14.8 Å². The van der Waals surface area contributed by atoms with Gasteiger partial charge in [-0.05, 0) is 25.1 Å². The summed E-state index contributed by atoms with van der Waals surface area (Å²) in [5.41, 5.74) is 6.30. The van der Waals surface area contributed by atoms with E-state index in [0.29, 0.717) is 26.1 Å². The molecule has 1 aromatic rings. The summed E-state index contributed by atoms with van der Waals surface area (Å²) in [6.45, 7) is 1.86. The molecule has 1 amide bonds. The average molecular weight is 235 g/mol. The van der Waals surface area contributed by atoms with E-state index in [4.69, 9.17) is 5.73 Å². The van der Waals surface area contributed by atoms with Gasteiger partial charge in [-0.15, -0.1) is 0 Å². The molecule has 0 atom stereocenters. The molecule has 0 spiro atoms. The van der Waals surface area contributed by atoms with Crippen molar-refractivity contribution < 1.29 is 9.90 Å². The zero-order valence-corrected chi connectivity index (χ0v) is 9.67. The first kappa shape index (κ1) is 11.7. The Morgan fingerprint density at radius 1 is 1.41 bits per heavy atom. The highest BCUT2D eigenvalue weighted by Gasteiger charge is 2.28. The number of nitrogens with zero attached hydrogens (tertiary/aromatic N) is 2. The molecule has 0 aromatic heterocycles. The van der Waals surface area contributed by atoms with E-state index >= 15 is 0 Å². The molecule has 0 unspecified atom stereocenters. The lowest BCUT2D eigenvalue weighted by Crippen LogP contribution is -2.40. The molecule has 3 N–H and O–H groups in total. The summed E-state index contributed by atoms with van der Waals surface area (Å²) >= 11 is 0. The number of hydrogen-bond acceptors (Lipinski definition) is 4. The summed E-state index contributed by atoms with van der Waals surface area (Å²) in [6, 6.07) is 6.93. The maximum absolute atomic E-state index is 11.7. The van der Waals surface area contributed by atoms with E-state index in [0.717, 1.165) is 12.1 Å². The SMILES string of the molecule is NCCCN1C(=O)CCN1c1cccc(O)c1. The lowest BCUT2D eigenvalue weighted by molar-refractivity contribution is -0.128. The largest absolute Gasteiger partial charge is 0.508 e. The Labute approximate surface area is 100 Å². The number of carbonyl (C=O) groups excluding carboxylic acids is 1. The highest BCUT2D eigenvalue weighted by molar-refractivity contribution is 5.81. The maximum atomic E-state index is 11.7. The van der Waals surface area contributed by atoms with Crippen LogP contribution in [0.1, 0.15) is 12.8 Å². The first-order valence-corrected chi connectivity index (χ1v) is 5.79. The Morgan fingerprint density at radius 2 is 2.24 bits per heavy atom. The van der Waals surface area contributed by atoms with Crippen molar-refractivity contribution in [1.82, 2.24) is 5.01 Å². The van der Waals surface area contributed by atoms with Crippen LogP contribution in [0.15, 0.2) is 24.3 Å². The number of amides is 1. The van der Waals surface area contributed by atoms with E-state index in [1.54, 1.807) is 23.2 Å². The van der Waals surface area contributed by atoms with Crippen molar-refractivity contribution in [3.05, 3.63) is 24.3 Å². The zero-order chi connectivity index (χ0) is 12.3. The Bertz CT molecular complexity index is 408. The molecule has 1 aromatic carbocycles. The number of carbonyl (C=O) groups is 1. The van der Waals surface area contributed by atoms with Crippen molar-refractivity contribution in [3.8, 4) is 5.75 Å². The molecular formula is C12H17N3O2. The predicted molar refractivity (Wildman–Crippen MR) is 65.5 cm³/mol. The van der Waals surface area contributed by atoms with Gasteiger partial charge in [-0.2, -0.15) is 0 Å². The normalized spacial score (nSPS) is 15.7. The Kier molecular flexibility index (Phi) is 3.49. The van der Waals surface area contributed by atoms with Gasteiger partial charge in [0.15, 0.2) is 0 Å². The van der Waals surface area contributed by atoms with E-state index in [1.165, 1.54) is 0 Å². The van der Waals surface area contributed by atoms with E-state index in [9.17, 15) is 9.90 Å². The van der Waals surface area contributed by atoms with E-state index in [2.05, 4.69) is 0 Å². The molecule has 92 valence electrons. The molecule has 1 saturated heterocycles. The number of aromatic hydroxyl groups is 1. The first-order valence-electron chi connectivity index (χ1n) is 5.79. The summed E-state index contributed by atoms with van der Waals surface area (Å²) in [5, 5.41) is 13.1. The van der Waals surface area contributed by atoms with Crippen LogP contribution in [0.3, 0.4) is 0 Å². The third-order valence-corrected chi connectivity index (χ3v) is 2.82. The predicted octanol–water partition coefficient (Wildman–Crippen LogP) is 0.695. The van der Waals surface area contributed by atoms with Crippen LogP contribution in [0.5, 0.6) is 5.75 Å². The molecule has 17 heavy (non-hydrogen) atoms. The highest BCUT2D eigenvalue weighted by Crippen LogP contribution is 2.25. The molecule has 2 rings (SSSR count). The molecule has 0 bridgehead atoms. The smallest absolute Gasteiger partial charge is 0.242 e. The van der Waals surface area contributed by atoms with Crippen LogP contribution < -0.4 is 10.7 Å². The zero-order valence-electron chi connectivity index (χ0n) is 9.67. The molecule has 5 heteroatoms. The van der Waals surface area contributed by atoms with Crippen LogP contribution in [0, 0.1) is 0 Å². The summed E-state index contributed by atoms with van der Waals surface area (Å²) < 4.78 is 0. The minimum atomic E-state index is 0.113. The fourth-order valence-electron chi connectivity index (χ4n) is 1.99. The topological polar surface area (TPSA) is 69.8 Å². The van der Waals surface area contributed by atoms with Gasteiger partial charge in [0, 0.05) is 25.6 Å². The standard InChI is InChI=1S/C12H17N3O2/c13-6-2-7-15-12(17)5-8-14(15)10-3-1-4-11(16)9-10/h1,3-4,9,16H,2,5-8,13H2. The number of anilines is 1. The average Bonchev–Trinajstić information content (AvgIpc) is 2.68. The minimum Gasteiger partial charge on any atom is -0.508 e. The number of benzene rings is 1. The quantitative estimate of drug-likeness (QED) is 0.805. The highest BCUT2D eigenvalue weighted by atomic mass is 16.3. The summed E-state index contributed by atoms with van der Waals surface area (Å²) in [4.78, 5) is 11.7. The van der Waals surface area contributed by atoms with Crippen molar-refractivity contribution in [2.24, 2.45) is 5.73 Å². The molecular weight excluding hydrogens is 218 g/mol. The van der Waals surface area contributed by atoms with Gasteiger partial charge >= 0.3 is 0 Å². The van der Waals surface area contributed by atoms with Crippen LogP contribution in [0.25, 0.3) is 0 Å². The van der Waals surface area contributed by atoms with Crippen LogP contribution in [-0.4, -0.2) is 35.7 Å². The molecule has 0 saturated carbocycles. The van der Waals surface area contributed by atoms with Crippen LogP contribution in [-0.2, 0) is 4.79 Å². The number of nitrogens with two attached hydrogens (primary N) is 1. The van der Waals surface area contributed by atoms with Crippen LogP contribution in [0.2, 0.25) is 0 Å². The fourth-order valence-corrected chi connectivity index (χ4v) is 1.99. The van der Waals surface area contributed by atoms with Crippen LogP contribution >= 0.6 is 0 Å². The molecule has 1 fully saturated rings. The van der Waals surface area contributed by atoms with Crippen molar-refractivity contribution in [2.75, 3.05) is 24.6 Å². The molecule has 0 aliphatic carbocycles. The molecule has 1 aliphatic heterocycles. The fraction of sp³-hybridized carbons (Fsp3) is 0.417. The second-order valence-corrected chi connectivity index (χ2v) is 4.05. The maximum Gasteiger partial charge on any atom is 0.242 e. The Hall–Kier alpha value is -1.75. The van der Waals surface area contributed by atoms with Crippen molar-refractivity contribution in [1.29, 1.82) is 0 Å². The van der Waals surface area contributed by atoms with Crippen molar-refractivity contribution >= 4 is 11.6 Å². The molecule has 5 nitrogen and oxygen atoms in total. The molecule has 1 aliphatic rings. The van der Waals surface area contributed by atoms with Gasteiger partial charge in [-0.1, -0.05) is 6.07 Å². The Morgan fingerprint density at radius 3 is 2.94 bits per heavy atom. The number of rotatable bonds is 4. The van der Waals surface area contributed by atoms with Crippen molar-refractivity contribution in [2.45, 2.75) is 12.8 Å². The van der Waals surface area contributed by atoms with Gasteiger partial charge in [0.1, 0.15) is 5.75 Å². The summed E-state index contributed by atoms with van der Waals surface area (Å²) in [5.74, 6) is 0.322. The summed E-state index contributed by atoms with van der Waals surface area (Å²) in [7, 11) is 0. The van der Waals surface area contributed by atoms with E-state index in [1.807, 2.05) is 11.1 Å². The molecule has 1 heterocycles. The number of phenols is 1. The summed E-state index contributed by atoms with van der Waals surface area (Å²) in [6.07, 6.45) is 1.29. The van der Waals surface area contributed by atoms with Gasteiger partial charge < -0.3 is 10.8 Å². The molecule has 0 radical (unpaired) electrons. The second kappa shape index (κ2) is 5.05. The number of hydrazine groups is 1. The van der Waals surface area contributed by atoms with Gasteiger partial charge in [0.05, 0.1) is 5.69 Å². The third-order valence-electron chi connectivity index (χ3n) is 2.82. The third kappa shape index (κ3) is 2.50. The van der Waals surface area contributed by atoms with E-state index in [-0.39, 0.29) is 11.7 Å². The monoisotopic (exact) mass is 235 g/mol.